The van der Waals surface area contributed by atoms with Gasteiger partial charge >= 0.3 is 0 Å². The van der Waals surface area contributed by atoms with E-state index < -0.39 is 10.8 Å². The number of nitrogens with zero attached hydrogens (tertiary/aromatic N) is 2. The van der Waals surface area contributed by atoms with Gasteiger partial charge in [0, 0.05) is 40.9 Å². The zero-order valence-corrected chi connectivity index (χ0v) is 15.5. The molecule has 2 N–H and O–H groups in total. The van der Waals surface area contributed by atoms with Crippen LogP contribution in [0.1, 0.15) is 46.5 Å². The predicted molar refractivity (Wildman–Crippen MR) is 97.0 cm³/mol. The highest BCUT2D eigenvalue weighted by Crippen LogP contribution is 2.22. The van der Waals surface area contributed by atoms with Crippen LogP contribution in [0.5, 0.6) is 0 Å². The van der Waals surface area contributed by atoms with Crippen LogP contribution < -0.4 is 10.6 Å². The highest BCUT2D eigenvalue weighted by molar-refractivity contribution is 7.85. The Morgan fingerprint density at radius 1 is 1.32 bits per heavy atom. The van der Waals surface area contributed by atoms with Crippen molar-refractivity contribution in [2.24, 2.45) is 4.99 Å². The van der Waals surface area contributed by atoms with Gasteiger partial charge in [0.2, 0.25) is 0 Å². The summed E-state index contributed by atoms with van der Waals surface area (Å²) in [6.07, 6.45) is 4.41. The van der Waals surface area contributed by atoms with Crippen LogP contribution in [0.4, 0.5) is 0 Å². The summed E-state index contributed by atoms with van der Waals surface area (Å²) in [7, 11) is 1.44. The lowest BCUT2D eigenvalue weighted by molar-refractivity contribution is 0.362. The number of rotatable bonds is 8. The molecule has 0 aromatic rings. The van der Waals surface area contributed by atoms with Crippen molar-refractivity contribution in [3.05, 3.63) is 0 Å². The number of hydrogen-bond acceptors (Lipinski definition) is 3. The molecule has 1 aliphatic rings. The topological polar surface area (TPSA) is 56.7 Å². The third-order valence-corrected chi connectivity index (χ3v) is 6.00. The molecule has 1 rings (SSSR count). The number of nitrogens with one attached hydrogen (secondary N) is 2. The maximum absolute atomic E-state index is 12.0. The van der Waals surface area contributed by atoms with Crippen LogP contribution in [0.25, 0.3) is 0 Å². The Bertz CT molecular complexity index is 362. The molecule has 1 saturated carbocycles. The van der Waals surface area contributed by atoms with Gasteiger partial charge in [-0.05, 0) is 39.8 Å². The van der Waals surface area contributed by atoms with E-state index in [9.17, 15) is 4.21 Å². The molecule has 5 nitrogen and oxygen atoms in total. The van der Waals surface area contributed by atoms with Crippen molar-refractivity contribution in [2.75, 3.05) is 39.0 Å². The van der Waals surface area contributed by atoms with E-state index >= 15 is 0 Å². The zero-order chi connectivity index (χ0) is 16.4. The molecule has 0 spiro atoms. The second kappa shape index (κ2) is 11.0. The fourth-order valence-electron chi connectivity index (χ4n) is 2.75. The van der Waals surface area contributed by atoms with E-state index in [0.717, 1.165) is 63.6 Å². The molecule has 6 heteroatoms. The quantitative estimate of drug-likeness (QED) is 0.524. The standard InChI is InChI=1S/C16H34N4OS/c1-5-17-16(18-11-12-20(4)6-2)19-14-9-8-10-15(13-14)22(21)7-3/h14-15H,5-13H2,1-4H3,(H2,17,18,19). The molecule has 0 amide bonds. The van der Waals surface area contributed by atoms with Crippen LogP contribution in [0.3, 0.4) is 0 Å². The minimum absolute atomic E-state index is 0.352. The van der Waals surface area contributed by atoms with Crippen molar-refractivity contribution in [2.45, 2.75) is 57.7 Å². The molecule has 3 unspecified atom stereocenters. The lowest BCUT2D eigenvalue weighted by Crippen LogP contribution is -2.46. The van der Waals surface area contributed by atoms with E-state index in [1.54, 1.807) is 0 Å². The first-order chi connectivity index (χ1) is 10.6. The highest BCUT2D eigenvalue weighted by atomic mass is 32.2. The first-order valence-corrected chi connectivity index (χ1v) is 10.1. The van der Waals surface area contributed by atoms with Crippen LogP contribution in [-0.4, -0.2) is 65.3 Å². The third-order valence-electron chi connectivity index (χ3n) is 4.26. The van der Waals surface area contributed by atoms with E-state index in [2.05, 4.69) is 41.4 Å². The maximum Gasteiger partial charge on any atom is 0.191 e. The molecule has 0 bridgehead atoms. The Balaban J connectivity index is 2.50. The largest absolute Gasteiger partial charge is 0.357 e. The lowest BCUT2D eigenvalue weighted by Gasteiger charge is -2.30. The smallest absolute Gasteiger partial charge is 0.191 e. The number of hydrogen-bond donors (Lipinski definition) is 2. The molecule has 3 atom stereocenters. The minimum atomic E-state index is -0.672. The molecular weight excluding hydrogens is 296 g/mol. The molecule has 0 aromatic carbocycles. The summed E-state index contributed by atoms with van der Waals surface area (Å²) in [5.74, 6) is 1.68. The maximum atomic E-state index is 12.0. The fourth-order valence-corrected chi connectivity index (χ4v) is 4.10. The second-order valence-corrected chi connectivity index (χ2v) is 7.96. The van der Waals surface area contributed by atoms with E-state index in [1.807, 2.05) is 6.92 Å². The van der Waals surface area contributed by atoms with E-state index in [4.69, 9.17) is 0 Å². The molecule has 130 valence electrons. The van der Waals surface area contributed by atoms with E-state index in [1.165, 1.54) is 0 Å². The number of likely N-dealkylation sites (N-methyl/N-ethyl adjacent to an activating group) is 1. The Hall–Kier alpha value is -0.620. The average molecular weight is 331 g/mol. The summed E-state index contributed by atoms with van der Waals surface area (Å²) in [4.78, 5) is 6.92. The van der Waals surface area contributed by atoms with Gasteiger partial charge < -0.3 is 15.5 Å². The summed E-state index contributed by atoms with van der Waals surface area (Å²) < 4.78 is 12.0. The van der Waals surface area contributed by atoms with Gasteiger partial charge in [0.25, 0.3) is 0 Å². The van der Waals surface area contributed by atoms with Crippen molar-refractivity contribution in [1.29, 1.82) is 0 Å². The highest BCUT2D eigenvalue weighted by Gasteiger charge is 2.25. The van der Waals surface area contributed by atoms with Gasteiger partial charge in [0.05, 0.1) is 6.54 Å². The van der Waals surface area contributed by atoms with Crippen LogP contribution in [0.2, 0.25) is 0 Å². The zero-order valence-electron chi connectivity index (χ0n) is 14.7. The van der Waals surface area contributed by atoms with Crippen molar-refractivity contribution in [3.8, 4) is 0 Å². The van der Waals surface area contributed by atoms with Crippen LogP contribution in [-0.2, 0) is 10.8 Å². The Kier molecular flexibility index (Phi) is 9.71. The Morgan fingerprint density at radius 3 is 2.73 bits per heavy atom. The van der Waals surface area contributed by atoms with Crippen LogP contribution >= 0.6 is 0 Å². The second-order valence-electron chi connectivity index (χ2n) is 5.96. The molecule has 0 saturated heterocycles. The molecule has 0 radical (unpaired) electrons. The van der Waals surface area contributed by atoms with Crippen LogP contribution in [0.15, 0.2) is 4.99 Å². The van der Waals surface area contributed by atoms with Gasteiger partial charge in [0.15, 0.2) is 5.96 Å². The SMILES string of the molecule is CCNC(=NCCN(C)CC)NC1CCCC(S(=O)CC)C1. The summed E-state index contributed by atoms with van der Waals surface area (Å²) >= 11 is 0. The monoisotopic (exact) mass is 330 g/mol. The molecule has 0 heterocycles. The average Bonchev–Trinajstić information content (AvgIpc) is 2.54. The molecular formula is C16H34N4OS. The van der Waals surface area contributed by atoms with Gasteiger partial charge in [-0.3, -0.25) is 9.20 Å². The van der Waals surface area contributed by atoms with Crippen molar-refractivity contribution < 1.29 is 4.21 Å². The summed E-state index contributed by atoms with van der Waals surface area (Å²) in [6, 6.07) is 0.399. The van der Waals surface area contributed by atoms with Gasteiger partial charge in [-0.1, -0.05) is 20.3 Å². The van der Waals surface area contributed by atoms with Crippen molar-refractivity contribution >= 4 is 16.8 Å². The molecule has 1 aliphatic carbocycles. The normalized spacial score (nSPS) is 24.3. The first-order valence-electron chi connectivity index (χ1n) is 8.71. The van der Waals surface area contributed by atoms with Crippen molar-refractivity contribution in [1.82, 2.24) is 15.5 Å². The first kappa shape index (κ1) is 19.4. The Labute approximate surface area is 138 Å². The summed E-state index contributed by atoms with van der Waals surface area (Å²) in [6.45, 7) is 9.95. The van der Waals surface area contributed by atoms with Gasteiger partial charge in [-0.2, -0.15) is 0 Å². The predicted octanol–water partition coefficient (Wildman–Crippen LogP) is 1.57. The van der Waals surface area contributed by atoms with E-state index in [0.29, 0.717) is 11.3 Å². The lowest BCUT2D eigenvalue weighted by atomic mass is 9.95. The number of aliphatic imine (C=N–C) groups is 1. The molecule has 0 aromatic heterocycles. The third kappa shape index (κ3) is 7.09. The molecule has 1 fully saturated rings. The minimum Gasteiger partial charge on any atom is -0.357 e. The summed E-state index contributed by atoms with van der Waals surface area (Å²) in [5, 5.41) is 7.22. The van der Waals surface area contributed by atoms with Crippen LogP contribution in [0, 0.1) is 0 Å². The number of guanidine groups is 1. The fraction of sp³-hybridized carbons (Fsp3) is 0.938. The molecule has 22 heavy (non-hydrogen) atoms. The van der Waals surface area contributed by atoms with Gasteiger partial charge in [-0.25, -0.2) is 0 Å². The van der Waals surface area contributed by atoms with Gasteiger partial charge in [-0.15, -0.1) is 0 Å². The van der Waals surface area contributed by atoms with Crippen molar-refractivity contribution in [3.63, 3.8) is 0 Å². The Morgan fingerprint density at radius 2 is 2.09 bits per heavy atom. The summed E-state index contributed by atoms with van der Waals surface area (Å²) in [5.41, 5.74) is 0. The molecule has 0 aliphatic heterocycles. The van der Waals surface area contributed by atoms with E-state index in [-0.39, 0.29) is 0 Å². The van der Waals surface area contributed by atoms with Gasteiger partial charge in [0.1, 0.15) is 0 Å².